The number of hydrogen-bond donors (Lipinski definition) is 0. The van der Waals surface area contributed by atoms with E-state index in [-0.39, 0.29) is 12.1 Å². The Morgan fingerprint density at radius 2 is 2.05 bits per heavy atom. The van der Waals surface area contributed by atoms with Gasteiger partial charge in [0.1, 0.15) is 12.4 Å². The third-order valence-corrected chi connectivity index (χ3v) is 4.22. The van der Waals surface area contributed by atoms with Crippen LogP contribution in [-0.2, 0) is 14.3 Å². The van der Waals surface area contributed by atoms with Crippen molar-refractivity contribution >= 4 is 12.3 Å². The number of allylic oxidation sites excluding steroid dienone is 1. The molecule has 0 aliphatic heterocycles. The normalized spacial score (nSPS) is 27.4. The van der Waals surface area contributed by atoms with E-state index in [9.17, 15) is 9.59 Å². The number of rotatable bonds is 6. The van der Waals surface area contributed by atoms with Crippen LogP contribution in [0, 0.1) is 17.8 Å². The van der Waals surface area contributed by atoms with Gasteiger partial charge in [-0.3, -0.25) is 4.79 Å². The molecule has 0 unspecified atom stereocenters. The average Bonchev–Trinajstić information content (AvgIpc) is 2.37. The van der Waals surface area contributed by atoms with Crippen LogP contribution in [-0.4, -0.2) is 18.4 Å². The predicted molar refractivity (Wildman–Crippen MR) is 80.3 cm³/mol. The minimum Gasteiger partial charge on any atom is -0.459 e. The van der Waals surface area contributed by atoms with Gasteiger partial charge in [-0.2, -0.15) is 0 Å². The lowest BCUT2D eigenvalue weighted by Gasteiger charge is -2.36. The van der Waals surface area contributed by atoms with E-state index in [2.05, 4.69) is 20.8 Å². The Balaban J connectivity index is 2.67. The van der Waals surface area contributed by atoms with Crippen molar-refractivity contribution in [2.75, 3.05) is 0 Å². The first-order valence-electron chi connectivity index (χ1n) is 7.84. The fourth-order valence-corrected chi connectivity index (χ4v) is 3.04. The lowest BCUT2D eigenvalue weighted by atomic mass is 9.75. The van der Waals surface area contributed by atoms with E-state index in [1.54, 1.807) is 0 Å². The molecule has 1 aliphatic rings. The van der Waals surface area contributed by atoms with Gasteiger partial charge in [-0.15, -0.1) is 0 Å². The maximum Gasteiger partial charge on any atom is 0.331 e. The minimum absolute atomic E-state index is 0.00275. The molecule has 0 aromatic heterocycles. The molecule has 0 amide bonds. The average molecular weight is 280 g/mol. The summed E-state index contributed by atoms with van der Waals surface area (Å²) in [5.74, 6) is 1.21. The highest BCUT2D eigenvalue weighted by molar-refractivity contribution is 5.89. The van der Waals surface area contributed by atoms with E-state index in [0.717, 1.165) is 25.5 Å². The van der Waals surface area contributed by atoms with Crippen LogP contribution >= 0.6 is 0 Å². The standard InChI is InChI=1S/C17H28O3/c1-5-6-14(11-18)10-17(19)20-16-9-13(4)7-8-15(16)12(2)3/h10-13,15-16H,5-9H2,1-4H3/b14-10-/t13-,15+,16-/m1/s1. The first-order chi connectivity index (χ1) is 9.47. The summed E-state index contributed by atoms with van der Waals surface area (Å²) in [5.41, 5.74) is 0.530. The first-order valence-corrected chi connectivity index (χ1v) is 7.84. The van der Waals surface area contributed by atoms with E-state index in [4.69, 9.17) is 4.74 Å². The van der Waals surface area contributed by atoms with Crippen LogP contribution < -0.4 is 0 Å². The summed E-state index contributed by atoms with van der Waals surface area (Å²) in [7, 11) is 0. The van der Waals surface area contributed by atoms with E-state index >= 15 is 0 Å². The molecule has 0 N–H and O–H groups in total. The second-order valence-corrected chi connectivity index (χ2v) is 6.39. The maximum absolute atomic E-state index is 12.0. The smallest absolute Gasteiger partial charge is 0.331 e. The van der Waals surface area contributed by atoms with E-state index in [0.29, 0.717) is 29.7 Å². The van der Waals surface area contributed by atoms with Crippen LogP contribution in [0.5, 0.6) is 0 Å². The molecule has 0 radical (unpaired) electrons. The van der Waals surface area contributed by atoms with Gasteiger partial charge in [0, 0.05) is 6.08 Å². The van der Waals surface area contributed by atoms with Crippen LogP contribution in [0.25, 0.3) is 0 Å². The molecule has 0 aromatic rings. The zero-order valence-corrected chi connectivity index (χ0v) is 13.2. The molecule has 20 heavy (non-hydrogen) atoms. The van der Waals surface area contributed by atoms with Crippen molar-refractivity contribution in [3.8, 4) is 0 Å². The highest BCUT2D eigenvalue weighted by Crippen LogP contribution is 2.35. The molecular formula is C17H28O3. The molecule has 0 aromatic carbocycles. The zero-order valence-electron chi connectivity index (χ0n) is 13.2. The number of carbonyl (C=O) groups is 2. The zero-order chi connectivity index (χ0) is 15.1. The number of esters is 1. The Hall–Kier alpha value is -1.12. The molecule has 0 bridgehead atoms. The van der Waals surface area contributed by atoms with Crippen LogP contribution in [0.4, 0.5) is 0 Å². The summed E-state index contributed by atoms with van der Waals surface area (Å²) in [6.45, 7) is 8.57. The van der Waals surface area contributed by atoms with Gasteiger partial charge >= 0.3 is 5.97 Å². The molecule has 0 saturated heterocycles. The third kappa shape index (κ3) is 5.10. The lowest BCUT2D eigenvalue weighted by Crippen LogP contribution is -2.35. The molecular weight excluding hydrogens is 252 g/mol. The molecule has 1 aliphatic carbocycles. The number of carbonyl (C=O) groups excluding carboxylic acids is 2. The molecule has 1 rings (SSSR count). The van der Waals surface area contributed by atoms with Gasteiger partial charge < -0.3 is 4.74 Å². The van der Waals surface area contributed by atoms with Crippen molar-refractivity contribution in [1.29, 1.82) is 0 Å². The number of hydrogen-bond acceptors (Lipinski definition) is 3. The minimum atomic E-state index is -0.356. The molecule has 114 valence electrons. The Kier molecular flexibility index (Phi) is 6.97. The molecule has 0 spiro atoms. The van der Waals surface area contributed by atoms with Gasteiger partial charge in [0.2, 0.25) is 0 Å². The Labute approximate surface area is 122 Å². The van der Waals surface area contributed by atoms with Gasteiger partial charge in [0.25, 0.3) is 0 Å². The van der Waals surface area contributed by atoms with Crippen molar-refractivity contribution < 1.29 is 14.3 Å². The molecule has 0 heterocycles. The third-order valence-electron chi connectivity index (χ3n) is 4.22. The summed E-state index contributed by atoms with van der Waals surface area (Å²) >= 11 is 0. The Morgan fingerprint density at radius 1 is 1.35 bits per heavy atom. The van der Waals surface area contributed by atoms with Gasteiger partial charge in [-0.05, 0) is 42.6 Å². The topological polar surface area (TPSA) is 43.4 Å². The first kappa shape index (κ1) is 16.9. The monoisotopic (exact) mass is 280 g/mol. The number of ether oxygens (including phenoxy) is 1. The Bertz CT molecular complexity index is 357. The second-order valence-electron chi connectivity index (χ2n) is 6.39. The molecule has 1 fully saturated rings. The van der Waals surface area contributed by atoms with Gasteiger partial charge in [-0.1, -0.05) is 40.5 Å². The van der Waals surface area contributed by atoms with Crippen molar-refractivity contribution in [2.45, 2.75) is 65.9 Å². The summed E-state index contributed by atoms with van der Waals surface area (Å²) in [4.78, 5) is 22.8. The number of aldehydes is 1. The SMILES string of the molecule is CCC/C(C=O)=C/C(=O)O[C@@H]1C[C@H](C)CC[C@H]1C(C)C. The quantitative estimate of drug-likeness (QED) is 0.421. The van der Waals surface area contributed by atoms with Crippen LogP contribution in [0.3, 0.4) is 0 Å². The van der Waals surface area contributed by atoms with Crippen molar-refractivity contribution in [2.24, 2.45) is 17.8 Å². The molecule has 1 saturated carbocycles. The van der Waals surface area contributed by atoms with Gasteiger partial charge in [0.05, 0.1) is 0 Å². The Morgan fingerprint density at radius 3 is 2.60 bits per heavy atom. The molecule has 3 atom stereocenters. The highest BCUT2D eigenvalue weighted by atomic mass is 16.5. The van der Waals surface area contributed by atoms with Gasteiger partial charge in [-0.25, -0.2) is 4.79 Å². The molecule has 3 nitrogen and oxygen atoms in total. The lowest BCUT2D eigenvalue weighted by molar-refractivity contribution is -0.149. The fraction of sp³-hybridized carbons (Fsp3) is 0.765. The van der Waals surface area contributed by atoms with Crippen LogP contribution in [0.2, 0.25) is 0 Å². The summed E-state index contributed by atoms with van der Waals surface area (Å²) in [6, 6.07) is 0. The second kappa shape index (κ2) is 8.23. The highest BCUT2D eigenvalue weighted by Gasteiger charge is 2.33. The van der Waals surface area contributed by atoms with Crippen molar-refractivity contribution in [3.05, 3.63) is 11.6 Å². The van der Waals surface area contributed by atoms with E-state index in [1.165, 1.54) is 12.5 Å². The molecule has 3 heteroatoms. The predicted octanol–water partition coefficient (Wildman–Crippen LogP) is 3.92. The summed E-state index contributed by atoms with van der Waals surface area (Å²) in [6.07, 6.45) is 6.88. The van der Waals surface area contributed by atoms with Crippen LogP contribution in [0.1, 0.15) is 59.8 Å². The van der Waals surface area contributed by atoms with Crippen molar-refractivity contribution in [3.63, 3.8) is 0 Å². The van der Waals surface area contributed by atoms with Gasteiger partial charge in [0.15, 0.2) is 0 Å². The fourth-order valence-electron chi connectivity index (χ4n) is 3.04. The largest absolute Gasteiger partial charge is 0.459 e. The maximum atomic E-state index is 12.0. The van der Waals surface area contributed by atoms with E-state index in [1.807, 2.05) is 6.92 Å². The van der Waals surface area contributed by atoms with Crippen LogP contribution in [0.15, 0.2) is 11.6 Å². The van der Waals surface area contributed by atoms with Crippen molar-refractivity contribution in [1.82, 2.24) is 0 Å². The summed E-state index contributed by atoms with van der Waals surface area (Å²) < 4.78 is 5.64. The van der Waals surface area contributed by atoms with E-state index < -0.39 is 0 Å². The summed E-state index contributed by atoms with van der Waals surface area (Å²) in [5, 5.41) is 0.